The lowest BCUT2D eigenvalue weighted by Crippen LogP contribution is -2.19. The van der Waals surface area contributed by atoms with Gasteiger partial charge in [0.25, 0.3) is 5.91 Å². The number of hydrogen-bond donors (Lipinski definition) is 1. The molecule has 2 aromatic carbocycles. The van der Waals surface area contributed by atoms with E-state index in [0.717, 1.165) is 21.5 Å². The second-order valence-electron chi connectivity index (χ2n) is 7.12. The summed E-state index contributed by atoms with van der Waals surface area (Å²) in [6.07, 6.45) is 3.94. The summed E-state index contributed by atoms with van der Waals surface area (Å²) in [5.74, 6) is -1.68. The summed E-state index contributed by atoms with van der Waals surface area (Å²) in [5.41, 5.74) is 5.73. The van der Waals surface area contributed by atoms with Crippen LogP contribution in [0.15, 0.2) is 60.4 Å². The maximum absolute atomic E-state index is 14.8. The highest BCUT2D eigenvalue weighted by atomic mass is 32.1. The van der Waals surface area contributed by atoms with Gasteiger partial charge in [-0.05, 0) is 41.5 Å². The van der Waals surface area contributed by atoms with Crippen molar-refractivity contribution in [3.8, 4) is 11.1 Å². The summed E-state index contributed by atoms with van der Waals surface area (Å²) in [4.78, 5) is 20.2. The van der Waals surface area contributed by atoms with E-state index < -0.39 is 17.5 Å². The number of carbonyl (C=O) groups excluding carboxylic acids is 1. The van der Waals surface area contributed by atoms with Crippen LogP contribution in [0.2, 0.25) is 0 Å². The Bertz CT molecular complexity index is 1460. The fraction of sp³-hybridized carbons (Fsp3) is 0.0870. The topological polar surface area (TPSA) is 59.3 Å². The van der Waals surface area contributed by atoms with Crippen molar-refractivity contribution in [3.05, 3.63) is 88.8 Å². The lowest BCUT2D eigenvalue weighted by atomic mass is 10.0. The quantitative estimate of drug-likeness (QED) is 0.440. The van der Waals surface area contributed by atoms with Crippen LogP contribution in [0.3, 0.4) is 0 Å². The molecule has 0 saturated heterocycles. The van der Waals surface area contributed by atoms with E-state index in [9.17, 15) is 13.6 Å². The lowest BCUT2D eigenvalue weighted by Gasteiger charge is -2.09. The third kappa shape index (κ3) is 3.44. The summed E-state index contributed by atoms with van der Waals surface area (Å²) in [5, 5.41) is 2.40. The SMILES string of the molecule is CNC(=O)c1ccc(-c2cc(F)c3ncc(Cc4ccc5ncsc5c4)n3c2)cc1F. The highest BCUT2D eigenvalue weighted by Crippen LogP contribution is 2.26. The Kier molecular flexibility index (Phi) is 4.71. The molecule has 154 valence electrons. The first kappa shape index (κ1) is 19.3. The molecule has 5 nitrogen and oxygen atoms in total. The molecule has 0 aliphatic heterocycles. The van der Waals surface area contributed by atoms with Gasteiger partial charge >= 0.3 is 0 Å². The van der Waals surface area contributed by atoms with Crippen LogP contribution in [0, 0.1) is 11.6 Å². The molecule has 0 fully saturated rings. The van der Waals surface area contributed by atoms with Crippen LogP contribution in [0.5, 0.6) is 0 Å². The van der Waals surface area contributed by atoms with Gasteiger partial charge in [-0.1, -0.05) is 12.1 Å². The van der Waals surface area contributed by atoms with Crippen LogP contribution in [0.25, 0.3) is 27.0 Å². The molecule has 3 heterocycles. The zero-order valence-electron chi connectivity index (χ0n) is 16.4. The van der Waals surface area contributed by atoms with Gasteiger partial charge in [-0.3, -0.25) is 4.79 Å². The third-order valence-corrected chi connectivity index (χ3v) is 5.98. The molecule has 0 aliphatic rings. The molecule has 3 aromatic heterocycles. The minimum absolute atomic E-state index is 0.0606. The Balaban J connectivity index is 1.55. The van der Waals surface area contributed by atoms with Crippen molar-refractivity contribution in [2.24, 2.45) is 0 Å². The van der Waals surface area contributed by atoms with Gasteiger partial charge in [0.05, 0.1) is 21.3 Å². The first-order valence-electron chi connectivity index (χ1n) is 9.53. The zero-order valence-corrected chi connectivity index (χ0v) is 17.2. The maximum atomic E-state index is 14.8. The molecule has 0 radical (unpaired) electrons. The molecular formula is C23H16F2N4OS. The Labute approximate surface area is 180 Å². The second-order valence-corrected chi connectivity index (χ2v) is 8.01. The molecule has 0 unspecified atom stereocenters. The number of benzene rings is 2. The Morgan fingerprint density at radius 2 is 1.90 bits per heavy atom. The molecule has 0 saturated carbocycles. The van der Waals surface area contributed by atoms with Crippen LogP contribution in [0.1, 0.15) is 21.6 Å². The fourth-order valence-corrected chi connectivity index (χ4v) is 4.36. The number of halogens is 2. The summed E-state index contributed by atoms with van der Waals surface area (Å²) < 4.78 is 32.0. The van der Waals surface area contributed by atoms with Gasteiger partial charge in [-0.2, -0.15) is 0 Å². The summed E-state index contributed by atoms with van der Waals surface area (Å²) >= 11 is 1.57. The molecule has 0 aliphatic carbocycles. The molecular weight excluding hydrogens is 418 g/mol. The molecule has 0 atom stereocenters. The highest BCUT2D eigenvalue weighted by Gasteiger charge is 2.15. The molecule has 31 heavy (non-hydrogen) atoms. The van der Waals surface area contributed by atoms with Crippen molar-refractivity contribution in [2.45, 2.75) is 6.42 Å². The number of imidazole rings is 1. The van der Waals surface area contributed by atoms with Crippen molar-refractivity contribution in [1.82, 2.24) is 19.7 Å². The highest BCUT2D eigenvalue weighted by molar-refractivity contribution is 7.16. The number of nitrogens with one attached hydrogen (secondary N) is 1. The number of pyridine rings is 1. The van der Waals surface area contributed by atoms with E-state index in [1.54, 1.807) is 39.7 Å². The third-order valence-electron chi connectivity index (χ3n) is 5.19. The van der Waals surface area contributed by atoms with Crippen LogP contribution in [0.4, 0.5) is 8.78 Å². The van der Waals surface area contributed by atoms with Gasteiger partial charge < -0.3 is 9.72 Å². The average molecular weight is 434 g/mol. The number of carbonyl (C=O) groups is 1. The predicted molar refractivity (Wildman–Crippen MR) is 116 cm³/mol. The second kappa shape index (κ2) is 7.55. The average Bonchev–Trinajstić information content (AvgIpc) is 3.40. The van der Waals surface area contributed by atoms with Crippen molar-refractivity contribution in [3.63, 3.8) is 0 Å². The largest absolute Gasteiger partial charge is 0.355 e. The molecule has 0 spiro atoms. The number of hydrogen-bond acceptors (Lipinski definition) is 4. The van der Waals surface area contributed by atoms with Gasteiger partial charge in [0.1, 0.15) is 5.82 Å². The first-order valence-corrected chi connectivity index (χ1v) is 10.4. The number of fused-ring (bicyclic) bond motifs is 2. The smallest absolute Gasteiger partial charge is 0.253 e. The predicted octanol–water partition coefficient (Wildman–Crippen LogP) is 4.84. The molecule has 5 rings (SSSR count). The van der Waals surface area contributed by atoms with Crippen molar-refractivity contribution in [2.75, 3.05) is 7.05 Å². The monoisotopic (exact) mass is 434 g/mol. The number of amides is 1. The van der Waals surface area contributed by atoms with E-state index in [1.165, 1.54) is 25.2 Å². The molecule has 8 heteroatoms. The minimum atomic E-state index is -0.666. The van der Waals surface area contributed by atoms with Crippen LogP contribution in [-0.4, -0.2) is 27.3 Å². The Morgan fingerprint density at radius 3 is 2.71 bits per heavy atom. The van der Waals surface area contributed by atoms with Crippen LogP contribution < -0.4 is 5.32 Å². The van der Waals surface area contributed by atoms with Crippen molar-refractivity contribution in [1.29, 1.82) is 0 Å². The van der Waals surface area contributed by atoms with Crippen LogP contribution >= 0.6 is 11.3 Å². The van der Waals surface area contributed by atoms with E-state index in [4.69, 9.17) is 0 Å². The first-order chi connectivity index (χ1) is 15.0. The van der Waals surface area contributed by atoms with E-state index in [1.807, 2.05) is 12.1 Å². The van der Waals surface area contributed by atoms with Gasteiger partial charge in [0.2, 0.25) is 0 Å². The molecule has 0 bridgehead atoms. The number of thiazole rings is 1. The van der Waals surface area contributed by atoms with Gasteiger partial charge in [0.15, 0.2) is 11.5 Å². The van der Waals surface area contributed by atoms with E-state index in [2.05, 4.69) is 21.4 Å². The van der Waals surface area contributed by atoms with Gasteiger partial charge in [-0.15, -0.1) is 11.3 Å². The van der Waals surface area contributed by atoms with Crippen LogP contribution in [-0.2, 0) is 6.42 Å². The molecule has 1 amide bonds. The summed E-state index contributed by atoms with van der Waals surface area (Å²) in [6, 6.07) is 11.6. The van der Waals surface area contributed by atoms with Crippen molar-refractivity contribution >= 4 is 33.1 Å². The van der Waals surface area contributed by atoms with Crippen molar-refractivity contribution < 1.29 is 13.6 Å². The fourth-order valence-electron chi connectivity index (χ4n) is 3.62. The minimum Gasteiger partial charge on any atom is -0.355 e. The van der Waals surface area contributed by atoms with E-state index >= 15 is 0 Å². The van der Waals surface area contributed by atoms with Gasteiger partial charge in [-0.25, -0.2) is 18.7 Å². The lowest BCUT2D eigenvalue weighted by molar-refractivity contribution is 0.0959. The summed E-state index contributed by atoms with van der Waals surface area (Å²) in [7, 11) is 1.44. The number of rotatable bonds is 4. The molecule has 1 N–H and O–H groups in total. The standard InChI is InChI=1S/C23H16F2N4OS/c1-26-23(30)17-4-3-14(8-18(17)24)15-9-19(25)22-27-10-16(29(22)11-15)6-13-2-5-20-21(7-13)31-12-28-20/h2-5,7-12H,6H2,1H3,(H,26,30). The number of aromatic nitrogens is 3. The van der Waals surface area contributed by atoms with Gasteiger partial charge in [0, 0.05) is 37.1 Å². The maximum Gasteiger partial charge on any atom is 0.253 e. The normalized spacial score (nSPS) is 11.3. The molecule has 5 aromatic rings. The summed E-state index contributed by atoms with van der Waals surface area (Å²) in [6.45, 7) is 0. The zero-order chi connectivity index (χ0) is 21.5. The van der Waals surface area contributed by atoms with E-state index in [-0.39, 0.29) is 11.2 Å². The van der Waals surface area contributed by atoms with E-state index in [0.29, 0.717) is 17.5 Å². The Morgan fingerprint density at radius 1 is 1.06 bits per heavy atom. The number of nitrogens with zero attached hydrogens (tertiary/aromatic N) is 3. The Hall–Kier alpha value is -3.65.